The molecule has 0 unspecified atom stereocenters. The summed E-state index contributed by atoms with van der Waals surface area (Å²) in [6.45, 7) is 3.83. The van der Waals surface area contributed by atoms with Crippen LogP contribution in [0.4, 0.5) is 11.4 Å². The van der Waals surface area contributed by atoms with Gasteiger partial charge in [0, 0.05) is 24.0 Å². The number of rotatable bonds is 9. The van der Waals surface area contributed by atoms with Gasteiger partial charge in [0.05, 0.1) is 23.2 Å². The van der Waals surface area contributed by atoms with Crippen LogP contribution in [0.25, 0.3) is 0 Å². The van der Waals surface area contributed by atoms with Gasteiger partial charge >= 0.3 is 0 Å². The van der Waals surface area contributed by atoms with E-state index in [-0.39, 0.29) is 30.8 Å². The van der Waals surface area contributed by atoms with Crippen LogP contribution in [-0.4, -0.2) is 39.1 Å². The van der Waals surface area contributed by atoms with Crippen molar-refractivity contribution in [2.75, 3.05) is 22.4 Å². The highest BCUT2D eigenvalue weighted by atomic mass is 35.5. The van der Waals surface area contributed by atoms with E-state index < -0.39 is 10.0 Å². The van der Waals surface area contributed by atoms with Crippen LogP contribution in [0, 0.1) is 0 Å². The summed E-state index contributed by atoms with van der Waals surface area (Å²) in [6, 6.07) is 13.2. The van der Waals surface area contributed by atoms with E-state index in [0.29, 0.717) is 28.4 Å². The molecule has 0 heterocycles. The van der Waals surface area contributed by atoms with Crippen LogP contribution >= 0.6 is 11.6 Å². The van der Waals surface area contributed by atoms with E-state index in [4.69, 9.17) is 11.6 Å². The molecule has 7 nitrogen and oxygen atoms in total. The first kappa shape index (κ1) is 23.7. The summed E-state index contributed by atoms with van der Waals surface area (Å²) in [7, 11) is -3.53. The molecule has 0 fully saturated rings. The lowest BCUT2D eigenvalue weighted by Crippen LogP contribution is -2.32. The quantitative estimate of drug-likeness (QED) is 0.608. The SMILES string of the molecule is CC(C)NC(=O)c1ccccc1NC(=O)CCCN(c1cccc(Cl)c1)S(C)(=O)=O. The molecular formula is C21H26ClN3O4S. The van der Waals surface area contributed by atoms with E-state index in [0.717, 1.165) is 6.26 Å². The number of benzene rings is 2. The molecule has 30 heavy (non-hydrogen) atoms. The Morgan fingerprint density at radius 2 is 1.80 bits per heavy atom. The summed E-state index contributed by atoms with van der Waals surface area (Å²) in [5, 5.41) is 5.96. The maximum absolute atomic E-state index is 12.4. The van der Waals surface area contributed by atoms with Gasteiger partial charge in [0.15, 0.2) is 0 Å². The van der Waals surface area contributed by atoms with Crippen LogP contribution in [-0.2, 0) is 14.8 Å². The van der Waals surface area contributed by atoms with Crippen LogP contribution in [0.3, 0.4) is 0 Å². The van der Waals surface area contributed by atoms with E-state index in [2.05, 4.69) is 10.6 Å². The molecule has 2 aromatic rings. The third-order valence-corrected chi connectivity index (χ3v) is 5.56. The number of nitrogens with zero attached hydrogens (tertiary/aromatic N) is 1. The Balaban J connectivity index is 2.02. The second-order valence-corrected chi connectivity index (χ2v) is 9.48. The highest BCUT2D eigenvalue weighted by molar-refractivity contribution is 7.92. The maximum atomic E-state index is 12.4. The van der Waals surface area contributed by atoms with Gasteiger partial charge in [-0.05, 0) is 50.6 Å². The van der Waals surface area contributed by atoms with Gasteiger partial charge in [-0.1, -0.05) is 29.8 Å². The average molecular weight is 452 g/mol. The number of nitrogens with one attached hydrogen (secondary N) is 2. The van der Waals surface area contributed by atoms with Gasteiger partial charge in [0.25, 0.3) is 5.91 Å². The number of para-hydroxylation sites is 1. The van der Waals surface area contributed by atoms with Crippen LogP contribution in [0.15, 0.2) is 48.5 Å². The van der Waals surface area contributed by atoms with Crippen molar-refractivity contribution in [1.29, 1.82) is 0 Å². The Kier molecular flexibility index (Phi) is 8.25. The molecule has 0 aliphatic heterocycles. The smallest absolute Gasteiger partial charge is 0.253 e. The Hall–Kier alpha value is -2.58. The summed E-state index contributed by atoms with van der Waals surface area (Å²) in [6.07, 6.45) is 1.50. The standard InChI is InChI=1S/C21H26ClN3O4S/c1-15(2)23-21(27)18-10-4-5-11-19(18)24-20(26)12-7-13-25(30(3,28)29)17-9-6-8-16(22)14-17/h4-6,8-11,14-15H,7,12-13H2,1-3H3,(H,23,27)(H,24,26). The van der Waals surface area contributed by atoms with Gasteiger partial charge in [-0.25, -0.2) is 8.42 Å². The predicted octanol–water partition coefficient (Wildman–Crippen LogP) is 3.66. The molecule has 2 aromatic carbocycles. The second kappa shape index (κ2) is 10.4. The van der Waals surface area contributed by atoms with Crippen molar-refractivity contribution in [3.63, 3.8) is 0 Å². The molecule has 162 valence electrons. The van der Waals surface area contributed by atoms with E-state index in [1.54, 1.807) is 48.5 Å². The van der Waals surface area contributed by atoms with E-state index >= 15 is 0 Å². The van der Waals surface area contributed by atoms with Crippen molar-refractivity contribution in [3.8, 4) is 0 Å². The second-order valence-electron chi connectivity index (χ2n) is 7.14. The number of sulfonamides is 1. The van der Waals surface area contributed by atoms with Crippen LogP contribution in [0.2, 0.25) is 5.02 Å². The molecule has 0 saturated heterocycles. The van der Waals surface area contributed by atoms with E-state index in [1.165, 1.54) is 4.31 Å². The molecule has 0 aromatic heterocycles. The molecule has 0 bridgehead atoms. The van der Waals surface area contributed by atoms with Gasteiger partial charge in [0.1, 0.15) is 0 Å². The molecule has 0 aliphatic rings. The zero-order chi connectivity index (χ0) is 22.3. The topological polar surface area (TPSA) is 95.6 Å². The molecule has 0 atom stereocenters. The lowest BCUT2D eigenvalue weighted by atomic mass is 10.1. The molecular weight excluding hydrogens is 426 g/mol. The fourth-order valence-corrected chi connectivity index (χ4v) is 3.99. The van der Waals surface area contributed by atoms with Crippen LogP contribution in [0.1, 0.15) is 37.0 Å². The first-order valence-corrected chi connectivity index (χ1v) is 11.7. The lowest BCUT2D eigenvalue weighted by Gasteiger charge is -2.22. The molecule has 2 N–H and O–H groups in total. The lowest BCUT2D eigenvalue weighted by molar-refractivity contribution is -0.116. The number of hydrogen-bond acceptors (Lipinski definition) is 4. The summed E-state index contributed by atoms with van der Waals surface area (Å²) in [4.78, 5) is 24.7. The number of anilines is 2. The van der Waals surface area contributed by atoms with E-state index in [1.807, 2.05) is 13.8 Å². The maximum Gasteiger partial charge on any atom is 0.253 e. The van der Waals surface area contributed by atoms with Crippen molar-refractivity contribution >= 4 is 44.8 Å². The number of hydrogen-bond donors (Lipinski definition) is 2. The minimum atomic E-state index is -3.53. The van der Waals surface area contributed by atoms with Crippen molar-refractivity contribution in [1.82, 2.24) is 5.32 Å². The van der Waals surface area contributed by atoms with Crippen molar-refractivity contribution in [2.45, 2.75) is 32.7 Å². The summed E-state index contributed by atoms with van der Waals surface area (Å²) >= 11 is 5.97. The van der Waals surface area contributed by atoms with Gasteiger partial charge in [0.2, 0.25) is 15.9 Å². The first-order chi connectivity index (χ1) is 14.1. The Morgan fingerprint density at radius 1 is 1.10 bits per heavy atom. The number of halogens is 1. The van der Waals surface area contributed by atoms with Crippen LogP contribution in [0.5, 0.6) is 0 Å². The highest BCUT2D eigenvalue weighted by Crippen LogP contribution is 2.22. The largest absolute Gasteiger partial charge is 0.350 e. The highest BCUT2D eigenvalue weighted by Gasteiger charge is 2.18. The number of carbonyl (C=O) groups is 2. The number of amides is 2. The number of carbonyl (C=O) groups excluding carboxylic acids is 2. The first-order valence-electron chi connectivity index (χ1n) is 9.51. The fraction of sp³-hybridized carbons (Fsp3) is 0.333. The monoisotopic (exact) mass is 451 g/mol. The molecule has 2 rings (SSSR count). The van der Waals surface area contributed by atoms with Crippen molar-refractivity contribution < 1.29 is 18.0 Å². The van der Waals surface area contributed by atoms with Gasteiger partial charge in [-0.3, -0.25) is 13.9 Å². The fourth-order valence-electron chi connectivity index (χ4n) is 2.84. The molecule has 0 saturated carbocycles. The third-order valence-electron chi connectivity index (χ3n) is 4.13. The molecule has 9 heteroatoms. The van der Waals surface area contributed by atoms with E-state index in [9.17, 15) is 18.0 Å². The Morgan fingerprint density at radius 3 is 2.43 bits per heavy atom. The van der Waals surface area contributed by atoms with Gasteiger partial charge < -0.3 is 10.6 Å². The zero-order valence-electron chi connectivity index (χ0n) is 17.2. The Labute approximate surface area is 182 Å². The third kappa shape index (κ3) is 7.03. The van der Waals surface area contributed by atoms with Crippen LogP contribution < -0.4 is 14.9 Å². The molecule has 0 spiro atoms. The minimum Gasteiger partial charge on any atom is -0.350 e. The summed E-state index contributed by atoms with van der Waals surface area (Å²) < 4.78 is 25.5. The summed E-state index contributed by atoms with van der Waals surface area (Å²) in [5.41, 5.74) is 1.23. The summed E-state index contributed by atoms with van der Waals surface area (Å²) in [5.74, 6) is -0.579. The predicted molar refractivity (Wildman–Crippen MR) is 121 cm³/mol. The molecule has 0 radical (unpaired) electrons. The molecule has 2 amide bonds. The van der Waals surface area contributed by atoms with Gasteiger partial charge in [-0.15, -0.1) is 0 Å². The van der Waals surface area contributed by atoms with Crippen molar-refractivity contribution in [2.24, 2.45) is 0 Å². The Bertz CT molecular complexity index is 1010. The van der Waals surface area contributed by atoms with Gasteiger partial charge in [-0.2, -0.15) is 0 Å². The normalized spacial score (nSPS) is 11.2. The zero-order valence-corrected chi connectivity index (χ0v) is 18.8. The van der Waals surface area contributed by atoms with Crippen molar-refractivity contribution in [3.05, 3.63) is 59.1 Å². The molecule has 0 aliphatic carbocycles. The minimum absolute atomic E-state index is 0.0327. The average Bonchev–Trinajstić information content (AvgIpc) is 2.64.